The molecular weight excluding hydrogens is 302 g/mol. The third-order valence-electron chi connectivity index (χ3n) is 3.15. The quantitative estimate of drug-likeness (QED) is 0.465. The summed E-state index contributed by atoms with van der Waals surface area (Å²) in [6.45, 7) is 8.56. The third kappa shape index (κ3) is 9.18. The first-order valence-corrected chi connectivity index (χ1v) is 7.90. The van der Waals surface area contributed by atoms with Crippen LogP contribution in [0.25, 0.3) is 0 Å². The van der Waals surface area contributed by atoms with Gasteiger partial charge in [0, 0.05) is 20.3 Å². The van der Waals surface area contributed by atoms with Crippen molar-refractivity contribution in [3.8, 4) is 0 Å². The first kappa shape index (κ1) is 21.4. The molecule has 0 fully saturated rings. The summed E-state index contributed by atoms with van der Waals surface area (Å²) < 4.78 is 10.2. The Hall–Kier alpha value is -1.63. The summed E-state index contributed by atoms with van der Waals surface area (Å²) in [6, 6.07) is -1.09. The maximum atomic E-state index is 12.2. The zero-order valence-corrected chi connectivity index (χ0v) is 14.6. The summed E-state index contributed by atoms with van der Waals surface area (Å²) in [5.74, 6) is -4.05. The van der Waals surface area contributed by atoms with Gasteiger partial charge in [-0.1, -0.05) is 20.8 Å². The van der Waals surface area contributed by atoms with E-state index in [1.165, 1.54) is 13.8 Å². The van der Waals surface area contributed by atoms with E-state index in [9.17, 15) is 14.4 Å². The summed E-state index contributed by atoms with van der Waals surface area (Å²) in [7, 11) is 0. The lowest BCUT2D eigenvalue weighted by Crippen LogP contribution is -2.45. The molecule has 3 N–H and O–H groups in total. The number of carboxylic acids is 1. The molecule has 2 unspecified atom stereocenters. The molecule has 0 aromatic heterocycles. The summed E-state index contributed by atoms with van der Waals surface area (Å²) in [6.07, 6.45) is 1.11. The van der Waals surface area contributed by atoms with Gasteiger partial charge in [0.05, 0.1) is 6.42 Å². The molecule has 7 nitrogen and oxygen atoms in total. The molecule has 0 aliphatic heterocycles. The number of nitrogens with two attached hydrogens (primary N) is 1. The van der Waals surface area contributed by atoms with E-state index < -0.39 is 35.7 Å². The fourth-order valence-corrected chi connectivity index (χ4v) is 2.24. The fourth-order valence-electron chi connectivity index (χ4n) is 2.24. The molecule has 0 aliphatic carbocycles. The van der Waals surface area contributed by atoms with Gasteiger partial charge in [-0.25, -0.2) is 0 Å². The van der Waals surface area contributed by atoms with Crippen LogP contribution in [0.15, 0.2) is 0 Å². The molecule has 134 valence electrons. The minimum absolute atomic E-state index is 0.189. The number of hydrogen-bond acceptors (Lipinski definition) is 6. The maximum Gasteiger partial charge on any atom is 0.326 e. The van der Waals surface area contributed by atoms with Gasteiger partial charge in [-0.05, 0) is 24.7 Å². The number of carboxylic acid groups (broad SMARTS) is 1. The highest BCUT2D eigenvalue weighted by atomic mass is 16.7. The van der Waals surface area contributed by atoms with Crippen molar-refractivity contribution in [1.29, 1.82) is 0 Å². The SMILES string of the molecule is CCCC(=O)OC(C)(C)OC(=O)C(N)C(CC(=O)O)CC(C)C. The van der Waals surface area contributed by atoms with Crippen molar-refractivity contribution in [2.45, 2.75) is 72.1 Å². The molecule has 0 saturated carbocycles. The van der Waals surface area contributed by atoms with Crippen molar-refractivity contribution in [3.05, 3.63) is 0 Å². The molecular formula is C16H29NO6. The predicted molar refractivity (Wildman–Crippen MR) is 84.3 cm³/mol. The van der Waals surface area contributed by atoms with Gasteiger partial charge in [0.1, 0.15) is 6.04 Å². The van der Waals surface area contributed by atoms with Gasteiger partial charge in [0.2, 0.25) is 0 Å². The molecule has 2 atom stereocenters. The Labute approximate surface area is 137 Å². The summed E-state index contributed by atoms with van der Waals surface area (Å²) in [5, 5.41) is 8.96. The van der Waals surface area contributed by atoms with Crippen LogP contribution in [-0.2, 0) is 23.9 Å². The van der Waals surface area contributed by atoms with Crippen molar-refractivity contribution in [1.82, 2.24) is 0 Å². The van der Waals surface area contributed by atoms with Gasteiger partial charge in [0.15, 0.2) is 0 Å². The normalized spacial score (nSPS) is 14.2. The molecule has 0 heterocycles. The highest BCUT2D eigenvalue weighted by molar-refractivity contribution is 5.78. The van der Waals surface area contributed by atoms with Gasteiger partial charge in [-0.3, -0.25) is 14.4 Å². The second-order valence-electron chi connectivity index (χ2n) is 6.56. The zero-order valence-electron chi connectivity index (χ0n) is 14.6. The van der Waals surface area contributed by atoms with Crippen molar-refractivity contribution >= 4 is 17.9 Å². The molecule has 0 rings (SSSR count). The van der Waals surface area contributed by atoms with Crippen LogP contribution < -0.4 is 5.73 Å². The highest BCUT2D eigenvalue weighted by Gasteiger charge is 2.34. The second-order valence-corrected chi connectivity index (χ2v) is 6.56. The number of hydrogen-bond donors (Lipinski definition) is 2. The van der Waals surface area contributed by atoms with E-state index in [-0.39, 0.29) is 18.8 Å². The molecule has 0 aromatic carbocycles. The maximum absolute atomic E-state index is 12.2. The minimum Gasteiger partial charge on any atom is -0.481 e. The smallest absolute Gasteiger partial charge is 0.326 e. The third-order valence-corrected chi connectivity index (χ3v) is 3.15. The Morgan fingerprint density at radius 2 is 1.74 bits per heavy atom. The Morgan fingerprint density at radius 1 is 1.17 bits per heavy atom. The topological polar surface area (TPSA) is 116 Å². The van der Waals surface area contributed by atoms with E-state index in [4.69, 9.17) is 20.3 Å². The molecule has 23 heavy (non-hydrogen) atoms. The fraction of sp³-hybridized carbons (Fsp3) is 0.812. The van der Waals surface area contributed by atoms with E-state index in [2.05, 4.69) is 0 Å². The van der Waals surface area contributed by atoms with Crippen LogP contribution in [0.2, 0.25) is 0 Å². The number of ether oxygens (including phenoxy) is 2. The van der Waals surface area contributed by atoms with E-state index in [1.54, 1.807) is 0 Å². The van der Waals surface area contributed by atoms with E-state index in [0.717, 1.165) is 0 Å². The molecule has 7 heteroatoms. The average molecular weight is 331 g/mol. The van der Waals surface area contributed by atoms with Gasteiger partial charge in [-0.15, -0.1) is 0 Å². The molecule has 0 bridgehead atoms. The monoisotopic (exact) mass is 331 g/mol. The predicted octanol–water partition coefficient (Wildman–Crippen LogP) is 2.07. The number of esters is 2. The Bertz CT molecular complexity index is 419. The van der Waals surface area contributed by atoms with Crippen LogP contribution in [-0.4, -0.2) is 34.8 Å². The van der Waals surface area contributed by atoms with Gasteiger partial charge < -0.3 is 20.3 Å². The summed E-state index contributed by atoms with van der Waals surface area (Å²) >= 11 is 0. The molecule has 0 spiro atoms. The Kier molecular flexibility index (Phi) is 8.82. The van der Waals surface area contributed by atoms with Crippen molar-refractivity contribution in [2.75, 3.05) is 0 Å². The van der Waals surface area contributed by atoms with Crippen LogP contribution >= 0.6 is 0 Å². The highest BCUT2D eigenvalue weighted by Crippen LogP contribution is 2.22. The molecule has 0 saturated heterocycles. The molecule has 0 radical (unpaired) electrons. The number of aliphatic carboxylic acids is 1. The van der Waals surface area contributed by atoms with Gasteiger partial charge in [-0.2, -0.15) is 0 Å². The van der Waals surface area contributed by atoms with Crippen LogP contribution in [0.5, 0.6) is 0 Å². The zero-order chi connectivity index (χ0) is 18.2. The molecule has 0 amide bonds. The number of carbonyl (C=O) groups excluding carboxylic acids is 2. The van der Waals surface area contributed by atoms with Crippen LogP contribution in [0.1, 0.15) is 60.3 Å². The lowest BCUT2D eigenvalue weighted by molar-refractivity contribution is -0.218. The van der Waals surface area contributed by atoms with Crippen LogP contribution in [0.4, 0.5) is 0 Å². The van der Waals surface area contributed by atoms with Crippen molar-refractivity contribution in [3.63, 3.8) is 0 Å². The molecule has 0 aromatic rings. The van der Waals surface area contributed by atoms with Crippen molar-refractivity contribution < 1.29 is 29.0 Å². The number of carbonyl (C=O) groups is 3. The van der Waals surface area contributed by atoms with E-state index in [1.807, 2.05) is 20.8 Å². The Balaban J connectivity index is 4.82. The van der Waals surface area contributed by atoms with Gasteiger partial charge in [0.25, 0.3) is 5.79 Å². The van der Waals surface area contributed by atoms with E-state index in [0.29, 0.717) is 12.8 Å². The average Bonchev–Trinajstić information content (AvgIpc) is 2.34. The van der Waals surface area contributed by atoms with Crippen LogP contribution in [0.3, 0.4) is 0 Å². The first-order chi connectivity index (χ1) is 10.5. The molecule has 0 aliphatic rings. The van der Waals surface area contributed by atoms with E-state index >= 15 is 0 Å². The standard InChI is InChI=1S/C16H29NO6/c1-6-7-13(20)22-16(4,5)23-15(21)14(17)11(8-10(2)3)9-12(18)19/h10-11,14H,6-9,17H2,1-5H3,(H,18,19). The first-order valence-electron chi connectivity index (χ1n) is 7.90. The number of rotatable bonds is 10. The van der Waals surface area contributed by atoms with Gasteiger partial charge >= 0.3 is 17.9 Å². The minimum atomic E-state index is -1.44. The summed E-state index contributed by atoms with van der Waals surface area (Å²) in [5.41, 5.74) is 5.88. The lowest BCUT2D eigenvalue weighted by atomic mass is 9.88. The van der Waals surface area contributed by atoms with Crippen LogP contribution in [0, 0.1) is 11.8 Å². The van der Waals surface area contributed by atoms with Crippen molar-refractivity contribution in [2.24, 2.45) is 17.6 Å². The second kappa shape index (κ2) is 9.50. The Morgan fingerprint density at radius 3 is 2.17 bits per heavy atom. The lowest BCUT2D eigenvalue weighted by Gasteiger charge is -2.29. The summed E-state index contributed by atoms with van der Waals surface area (Å²) in [4.78, 5) is 34.6. The largest absolute Gasteiger partial charge is 0.481 e.